The molecule has 138 valence electrons. The Morgan fingerprint density at radius 3 is 2.35 bits per heavy atom. The van der Waals surface area contributed by atoms with Crippen molar-refractivity contribution in [2.24, 2.45) is 5.10 Å². The summed E-state index contributed by atoms with van der Waals surface area (Å²) in [7, 11) is 4.55. The second-order valence-corrected chi connectivity index (χ2v) is 5.40. The Labute approximate surface area is 156 Å². The zero-order chi connectivity index (χ0) is 18.9. The van der Waals surface area contributed by atoms with E-state index in [-0.39, 0.29) is 6.61 Å². The molecule has 0 saturated heterocycles. The number of carbonyl (C=O) groups is 1. The van der Waals surface area contributed by atoms with Gasteiger partial charge in [0.25, 0.3) is 5.91 Å². The first-order valence-electron chi connectivity index (χ1n) is 7.58. The molecule has 26 heavy (non-hydrogen) atoms. The molecule has 0 aliphatic heterocycles. The molecule has 0 saturated carbocycles. The minimum atomic E-state index is -0.407. The number of ether oxygens (including phenoxy) is 4. The molecule has 8 heteroatoms. The first kappa shape index (κ1) is 19.4. The number of hydrogen-bond donors (Lipinski definition) is 1. The highest BCUT2D eigenvalue weighted by Gasteiger charge is 2.14. The van der Waals surface area contributed by atoms with Crippen molar-refractivity contribution in [3.8, 4) is 23.0 Å². The van der Waals surface area contributed by atoms with Gasteiger partial charge in [-0.1, -0.05) is 11.6 Å². The zero-order valence-electron chi connectivity index (χ0n) is 14.6. The van der Waals surface area contributed by atoms with Crippen molar-refractivity contribution < 1.29 is 23.7 Å². The predicted molar refractivity (Wildman–Crippen MR) is 98.8 cm³/mol. The van der Waals surface area contributed by atoms with Crippen LogP contribution in [0, 0.1) is 0 Å². The number of benzene rings is 2. The van der Waals surface area contributed by atoms with Gasteiger partial charge < -0.3 is 18.9 Å². The summed E-state index contributed by atoms with van der Waals surface area (Å²) in [4.78, 5) is 11.8. The maximum absolute atomic E-state index is 11.8. The molecule has 0 spiro atoms. The van der Waals surface area contributed by atoms with E-state index in [0.29, 0.717) is 33.6 Å². The lowest BCUT2D eigenvalue weighted by atomic mass is 10.2. The van der Waals surface area contributed by atoms with Crippen molar-refractivity contribution in [2.75, 3.05) is 27.9 Å². The molecule has 0 bridgehead atoms. The van der Waals surface area contributed by atoms with E-state index in [1.807, 2.05) is 0 Å². The topological polar surface area (TPSA) is 78.4 Å². The SMILES string of the molecule is COc1ccc(C=NNC(=O)COc2ccc(Cl)cc2)c(OC)c1OC. The number of hydrogen-bond acceptors (Lipinski definition) is 6. The first-order chi connectivity index (χ1) is 12.6. The van der Waals surface area contributed by atoms with E-state index in [2.05, 4.69) is 10.5 Å². The smallest absolute Gasteiger partial charge is 0.277 e. The van der Waals surface area contributed by atoms with Gasteiger partial charge in [0.15, 0.2) is 18.1 Å². The van der Waals surface area contributed by atoms with E-state index in [4.69, 9.17) is 30.5 Å². The molecule has 0 aromatic heterocycles. The highest BCUT2D eigenvalue weighted by atomic mass is 35.5. The Kier molecular flexibility index (Phi) is 7.11. The number of amides is 1. The van der Waals surface area contributed by atoms with Gasteiger partial charge in [-0.2, -0.15) is 5.10 Å². The third-order valence-electron chi connectivity index (χ3n) is 3.31. The van der Waals surface area contributed by atoms with Crippen LogP contribution in [0.25, 0.3) is 0 Å². The molecule has 2 rings (SSSR count). The van der Waals surface area contributed by atoms with Gasteiger partial charge in [-0.25, -0.2) is 5.43 Å². The molecule has 0 unspecified atom stereocenters. The Balaban J connectivity index is 1.97. The molecule has 0 atom stereocenters. The molecular weight excluding hydrogens is 360 g/mol. The van der Waals surface area contributed by atoms with Gasteiger partial charge >= 0.3 is 0 Å². The van der Waals surface area contributed by atoms with E-state index in [9.17, 15) is 4.79 Å². The number of methoxy groups -OCH3 is 3. The van der Waals surface area contributed by atoms with Crippen LogP contribution in [0.2, 0.25) is 5.02 Å². The summed E-state index contributed by atoms with van der Waals surface area (Å²) < 4.78 is 21.2. The number of nitrogens with zero attached hydrogens (tertiary/aromatic N) is 1. The minimum Gasteiger partial charge on any atom is -0.493 e. The van der Waals surface area contributed by atoms with E-state index in [1.165, 1.54) is 27.5 Å². The maximum atomic E-state index is 11.8. The summed E-state index contributed by atoms with van der Waals surface area (Å²) in [6.07, 6.45) is 1.45. The van der Waals surface area contributed by atoms with Gasteiger partial charge in [0.1, 0.15) is 5.75 Å². The summed E-state index contributed by atoms with van der Waals surface area (Å²) in [6.45, 7) is -0.179. The van der Waals surface area contributed by atoms with Crippen LogP contribution < -0.4 is 24.4 Å². The van der Waals surface area contributed by atoms with Crippen molar-refractivity contribution in [1.82, 2.24) is 5.43 Å². The maximum Gasteiger partial charge on any atom is 0.277 e. The molecule has 0 fully saturated rings. The monoisotopic (exact) mass is 378 g/mol. The Bertz CT molecular complexity index is 778. The van der Waals surface area contributed by atoms with Crippen LogP contribution >= 0.6 is 11.6 Å². The van der Waals surface area contributed by atoms with Gasteiger partial charge in [0, 0.05) is 10.6 Å². The number of carbonyl (C=O) groups excluding carboxylic acids is 1. The first-order valence-corrected chi connectivity index (χ1v) is 7.96. The number of rotatable bonds is 8. The third-order valence-corrected chi connectivity index (χ3v) is 3.56. The van der Waals surface area contributed by atoms with Crippen LogP contribution in [0.1, 0.15) is 5.56 Å². The van der Waals surface area contributed by atoms with Crippen molar-refractivity contribution >= 4 is 23.7 Å². The molecule has 1 amide bonds. The van der Waals surface area contributed by atoms with Crippen molar-refractivity contribution in [3.05, 3.63) is 47.0 Å². The Hall–Kier alpha value is -2.93. The largest absolute Gasteiger partial charge is 0.493 e. The summed E-state index contributed by atoms with van der Waals surface area (Å²) in [5.74, 6) is 1.55. The second kappa shape index (κ2) is 9.53. The molecule has 0 radical (unpaired) electrons. The predicted octanol–water partition coefficient (Wildman–Crippen LogP) is 2.89. The van der Waals surface area contributed by atoms with E-state index in [1.54, 1.807) is 36.4 Å². The van der Waals surface area contributed by atoms with Gasteiger partial charge in [-0.3, -0.25) is 4.79 Å². The molecule has 0 heterocycles. The summed E-state index contributed by atoms with van der Waals surface area (Å²) in [6, 6.07) is 10.2. The molecule has 0 aliphatic carbocycles. The van der Waals surface area contributed by atoms with Crippen LogP contribution in [0.3, 0.4) is 0 Å². The van der Waals surface area contributed by atoms with Crippen molar-refractivity contribution in [2.45, 2.75) is 0 Å². The van der Waals surface area contributed by atoms with Crippen LogP contribution in [0.5, 0.6) is 23.0 Å². The van der Waals surface area contributed by atoms with Crippen LogP contribution in [-0.4, -0.2) is 40.1 Å². The van der Waals surface area contributed by atoms with E-state index in [0.717, 1.165) is 0 Å². The fourth-order valence-corrected chi connectivity index (χ4v) is 2.24. The lowest BCUT2D eigenvalue weighted by Crippen LogP contribution is -2.24. The van der Waals surface area contributed by atoms with Crippen LogP contribution in [0.4, 0.5) is 0 Å². The fraction of sp³-hybridized carbons (Fsp3) is 0.222. The molecule has 2 aromatic rings. The van der Waals surface area contributed by atoms with Crippen LogP contribution in [-0.2, 0) is 4.79 Å². The van der Waals surface area contributed by atoms with Gasteiger partial charge in [0.05, 0.1) is 27.5 Å². The quantitative estimate of drug-likeness (QED) is 0.564. The highest BCUT2D eigenvalue weighted by molar-refractivity contribution is 6.30. The normalized spacial score (nSPS) is 10.5. The zero-order valence-corrected chi connectivity index (χ0v) is 15.4. The lowest BCUT2D eigenvalue weighted by Gasteiger charge is -2.13. The Morgan fingerprint density at radius 2 is 1.73 bits per heavy atom. The number of nitrogens with one attached hydrogen (secondary N) is 1. The second-order valence-electron chi connectivity index (χ2n) is 4.96. The van der Waals surface area contributed by atoms with Crippen molar-refractivity contribution in [1.29, 1.82) is 0 Å². The number of halogens is 1. The summed E-state index contributed by atoms with van der Waals surface area (Å²) >= 11 is 5.79. The molecule has 0 aliphatic rings. The highest BCUT2D eigenvalue weighted by Crippen LogP contribution is 2.38. The minimum absolute atomic E-state index is 0.179. The third kappa shape index (κ3) is 5.03. The average Bonchev–Trinajstić information content (AvgIpc) is 2.66. The summed E-state index contributed by atoms with van der Waals surface area (Å²) in [5, 5.41) is 4.50. The average molecular weight is 379 g/mol. The van der Waals surface area contributed by atoms with Gasteiger partial charge in [-0.15, -0.1) is 0 Å². The Morgan fingerprint density at radius 1 is 1.04 bits per heavy atom. The van der Waals surface area contributed by atoms with E-state index >= 15 is 0 Å². The summed E-state index contributed by atoms with van der Waals surface area (Å²) in [5.41, 5.74) is 3.00. The fourth-order valence-electron chi connectivity index (χ4n) is 2.11. The molecule has 7 nitrogen and oxygen atoms in total. The lowest BCUT2D eigenvalue weighted by molar-refractivity contribution is -0.123. The standard InChI is InChI=1S/C18H19ClN2O5/c1-23-15-9-4-12(17(24-2)18(15)25-3)10-20-21-16(22)11-26-14-7-5-13(19)6-8-14/h4-10H,11H2,1-3H3,(H,21,22). The van der Waals surface area contributed by atoms with Gasteiger partial charge in [0.2, 0.25) is 5.75 Å². The van der Waals surface area contributed by atoms with Gasteiger partial charge in [-0.05, 0) is 36.4 Å². The molecule has 2 aromatic carbocycles. The van der Waals surface area contributed by atoms with E-state index < -0.39 is 5.91 Å². The molecule has 1 N–H and O–H groups in total. The van der Waals surface area contributed by atoms with Crippen molar-refractivity contribution in [3.63, 3.8) is 0 Å². The van der Waals surface area contributed by atoms with Crippen LogP contribution in [0.15, 0.2) is 41.5 Å². The number of hydrazone groups is 1. The molecular formula is C18H19ClN2O5.